The largest absolute Gasteiger partial charge is 0.365 e. The minimum absolute atomic E-state index is 0.0977. The maximum atomic E-state index is 12.7. The molecule has 0 spiro atoms. The molecule has 2 amide bonds. The normalized spacial score (nSPS) is 12.8. The number of aryl methyl sites for hydroxylation is 1. The third kappa shape index (κ3) is 3.84. The van der Waals surface area contributed by atoms with Gasteiger partial charge in [0.1, 0.15) is 5.00 Å². The fourth-order valence-electron chi connectivity index (χ4n) is 3.62. The van der Waals surface area contributed by atoms with Crippen LogP contribution >= 0.6 is 11.3 Å². The second kappa shape index (κ2) is 8.01. The van der Waals surface area contributed by atoms with Crippen LogP contribution in [0, 0.1) is 0 Å². The van der Waals surface area contributed by atoms with Gasteiger partial charge in [-0.3, -0.25) is 14.4 Å². The predicted molar refractivity (Wildman–Crippen MR) is 114 cm³/mol. The summed E-state index contributed by atoms with van der Waals surface area (Å²) in [7, 11) is 0. The first kappa shape index (κ1) is 19.1. The Hall–Kier alpha value is -3.25. The summed E-state index contributed by atoms with van der Waals surface area (Å²) in [6.45, 7) is 0. The average molecular weight is 404 g/mol. The molecule has 2 aromatic carbocycles. The van der Waals surface area contributed by atoms with Gasteiger partial charge >= 0.3 is 0 Å². The molecule has 0 saturated heterocycles. The number of thiophene rings is 1. The third-order valence-electron chi connectivity index (χ3n) is 5.09. The van der Waals surface area contributed by atoms with E-state index in [1.54, 1.807) is 36.4 Å². The standard InChI is InChI=1S/C23H20N2O3S/c24-21(27)19-17-8-4-5-9-18(17)29-23(19)25-22(28)16-12-10-15(11-13-16)20(26)14-6-2-1-3-7-14/h1-3,6-7,10-13H,4-5,8-9H2,(H2,24,27)(H,25,28). The number of rotatable bonds is 5. The molecule has 0 atom stereocenters. The van der Waals surface area contributed by atoms with Gasteiger partial charge in [0.25, 0.3) is 11.8 Å². The molecule has 6 heteroatoms. The van der Waals surface area contributed by atoms with Crippen molar-refractivity contribution in [2.75, 3.05) is 5.32 Å². The van der Waals surface area contributed by atoms with Crippen molar-refractivity contribution in [2.24, 2.45) is 5.73 Å². The molecule has 1 aliphatic carbocycles. The van der Waals surface area contributed by atoms with Crippen LogP contribution in [0.2, 0.25) is 0 Å². The van der Waals surface area contributed by atoms with Crippen LogP contribution in [0.15, 0.2) is 54.6 Å². The van der Waals surface area contributed by atoms with Gasteiger partial charge in [0.05, 0.1) is 5.56 Å². The number of ketones is 1. The number of carbonyl (C=O) groups is 3. The quantitative estimate of drug-likeness (QED) is 0.624. The van der Waals surface area contributed by atoms with Gasteiger partial charge in [0.2, 0.25) is 0 Å². The molecule has 146 valence electrons. The minimum Gasteiger partial charge on any atom is -0.365 e. The summed E-state index contributed by atoms with van der Waals surface area (Å²) in [5.74, 6) is -0.937. The highest BCUT2D eigenvalue weighted by atomic mass is 32.1. The van der Waals surface area contributed by atoms with E-state index in [4.69, 9.17) is 5.73 Å². The van der Waals surface area contributed by atoms with Gasteiger partial charge < -0.3 is 11.1 Å². The summed E-state index contributed by atoms with van der Waals surface area (Å²) < 4.78 is 0. The summed E-state index contributed by atoms with van der Waals surface area (Å²) >= 11 is 1.43. The van der Waals surface area contributed by atoms with Crippen LogP contribution in [0.25, 0.3) is 0 Å². The molecule has 3 N–H and O–H groups in total. The van der Waals surface area contributed by atoms with E-state index >= 15 is 0 Å². The number of fused-ring (bicyclic) bond motifs is 1. The Morgan fingerprint density at radius 3 is 2.14 bits per heavy atom. The van der Waals surface area contributed by atoms with E-state index < -0.39 is 5.91 Å². The smallest absolute Gasteiger partial charge is 0.256 e. The van der Waals surface area contributed by atoms with Crippen LogP contribution in [0.5, 0.6) is 0 Å². The van der Waals surface area contributed by atoms with E-state index in [1.165, 1.54) is 11.3 Å². The van der Waals surface area contributed by atoms with E-state index in [2.05, 4.69) is 5.32 Å². The van der Waals surface area contributed by atoms with Crippen LogP contribution in [-0.2, 0) is 12.8 Å². The number of nitrogens with one attached hydrogen (secondary N) is 1. The van der Waals surface area contributed by atoms with Gasteiger partial charge in [-0.05, 0) is 43.4 Å². The fourth-order valence-corrected chi connectivity index (χ4v) is 4.91. The van der Waals surface area contributed by atoms with E-state index in [9.17, 15) is 14.4 Å². The molecular formula is C23H20N2O3S. The third-order valence-corrected chi connectivity index (χ3v) is 6.30. The van der Waals surface area contributed by atoms with Crippen LogP contribution < -0.4 is 11.1 Å². The monoisotopic (exact) mass is 404 g/mol. The molecule has 5 nitrogen and oxygen atoms in total. The number of nitrogens with two attached hydrogens (primary N) is 1. The topological polar surface area (TPSA) is 89.3 Å². The van der Waals surface area contributed by atoms with Gasteiger partial charge in [-0.25, -0.2) is 0 Å². The van der Waals surface area contributed by atoms with Crippen molar-refractivity contribution in [1.82, 2.24) is 0 Å². The van der Waals surface area contributed by atoms with Crippen LogP contribution in [-0.4, -0.2) is 17.6 Å². The van der Waals surface area contributed by atoms with Crippen molar-refractivity contribution in [1.29, 1.82) is 0 Å². The summed E-state index contributed by atoms with van der Waals surface area (Å²) in [4.78, 5) is 38.3. The highest BCUT2D eigenvalue weighted by Gasteiger charge is 2.25. The summed E-state index contributed by atoms with van der Waals surface area (Å²) in [6, 6.07) is 15.5. The Morgan fingerprint density at radius 2 is 1.45 bits per heavy atom. The molecule has 4 rings (SSSR count). The minimum atomic E-state index is -0.511. The van der Waals surface area contributed by atoms with E-state index in [0.29, 0.717) is 27.3 Å². The average Bonchev–Trinajstić information content (AvgIpc) is 3.12. The lowest BCUT2D eigenvalue weighted by Gasteiger charge is -2.11. The molecule has 0 fully saturated rings. The Balaban J connectivity index is 1.55. The lowest BCUT2D eigenvalue weighted by molar-refractivity contribution is 0.0998. The number of primary amides is 1. The Morgan fingerprint density at radius 1 is 0.828 bits per heavy atom. The van der Waals surface area contributed by atoms with Gasteiger partial charge in [0, 0.05) is 21.6 Å². The zero-order valence-corrected chi connectivity index (χ0v) is 16.6. The molecule has 0 aliphatic heterocycles. The molecule has 0 unspecified atom stereocenters. The molecule has 0 saturated carbocycles. The Bertz CT molecular complexity index is 1090. The second-order valence-corrected chi connectivity index (χ2v) is 8.11. The van der Waals surface area contributed by atoms with Gasteiger partial charge in [-0.15, -0.1) is 11.3 Å². The first-order valence-corrected chi connectivity index (χ1v) is 10.3. The highest BCUT2D eigenvalue weighted by Crippen LogP contribution is 2.38. The maximum absolute atomic E-state index is 12.7. The number of hydrogen-bond acceptors (Lipinski definition) is 4. The first-order valence-electron chi connectivity index (χ1n) is 9.50. The van der Waals surface area contributed by atoms with Crippen LogP contribution in [0.4, 0.5) is 5.00 Å². The van der Waals surface area contributed by atoms with Crippen LogP contribution in [0.1, 0.15) is 59.9 Å². The number of hydrogen-bond donors (Lipinski definition) is 2. The Kier molecular flexibility index (Phi) is 5.27. The SMILES string of the molecule is NC(=O)c1c(NC(=O)c2ccc(C(=O)c3ccccc3)cc2)sc2c1CCCC2. The second-order valence-electron chi connectivity index (χ2n) is 7.01. The number of amides is 2. The van der Waals surface area contributed by atoms with Gasteiger partial charge in [0.15, 0.2) is 5.78 Å². The zero-order valence-electron chi connectivity index (χ0n) is 15.7. The number of anilines is 1. The van der Waals surface area contributed by atoms with E-state index in [0.717, 1.165) is 36.1 Å². The molecule has 29 heavy (non-hydrogen) atoms. The molecule has 1 aromatic heterocycles. The predicted octanol–water partition coefficient (Wildman–Crippen LogP) is 4.21. The molecule has 1 aliphatic rings. The van der Waals surface area contributed by atoms with E-state index in [-0.39, 0.29) is 11.7 Å². The van der Waals surface area contributed by atoms with E-state index in [1.807, 2.05) is 18.2 Å². The first-order chi connectivity index (χ1) is 14.0. The summed E-state index contributed by atoms with van der Waals surface area (Å²) in [5.41, 5.74) is 8.52. The van der Waals surface area contributed by atoms with Crippen molar-refractivity contribution in [3.05, 3.63) is 87.3 Å². The lowest BCUT2D eigenvalue weighted by Crippen LogP contribution is -2.18. The molecule has 0 bridgehead atoms. The maximum Gasteiger partial charge on any atom is 0.256 e. The van der Waals surface area contributed by atoms with Crippen molar-refractivity contribution in [3.8, 4) is 0 Å². The molecule has 3 aromatic rings. The van der Waals surface area contributed by atoms with Crippen molar-refractivity contribution >= 4 is 33.9 Å². The summed E-state index contributed by atoms with van der Waals surface area (Å²) in [6.07, 6.45) is 3.83. The van der Waals surface area contributed by atoms with Crippen molar-refractivity contribution < 1.29 is 14.4 Å². The molecule has 0 radical (unpaired) electrons. The number of benzene rings is 2. The summed E-state index contributed by atoms with van der Waals surface area (Å²) in [5, 5.41) is 3.35. The van der Waals surface area contributed by atoms with Crippen LogP contribution in [0.3, 0.4) is 0 Å². The zero-order chi connectivity index (χ0) is 20.4. The van der Waals surface area contributed by atoms with Crippen molar-refractivity contribution in [2.45, 2.75) is 25.7 Å². The van der Waals surface area contributed by atoms with Gasteiger partial charge in [-0.1, -0.05) is 42.5 Å². The Labute approximate surface area is 172 Å². The highest BCUT2D eigenvalue weighted by molar-refractivity contribution is 7.17. The fraction of sp³-hybridized carbons (Fsp3) is 0.174. The molecule has 1 heterocycles. The number of carbonyl (C=O) groups excluding carboxylic acids is 3. The lowest BCUT2D eigenvalue weighted by atomic mass is 9.95. The van der Waals surface area contributed by atoms with Crippen molar-refractivity contribution in [3.63, 3.8) is 0 Å². The molecular weight excluding hydrogens is 384 g/mol. The van der Waals surface area contributed by atoms with Gasteiger partial charge in [-0.2, -0.15) is 0 Å².